The van der Waals surface area contributed by atoms with E-state index in [0.29, 0.717) is 42.8 Å². The third-order valence-electron chi connectivity index (χ3n) is 5.33. The monoisotopic (exact) mass is 453 g/mol. The predicted molar refractivity (Wildman–Crippen MR) is 119 cm³/mol. The van der Waals surface area contributed by atoms with Gasteiger partial charge in [-0.2, -0.15) is 5.26 Å². The van der Waals surface area contributed by atoms with Crippen molar-refractivity contribution in [2.45, 2.75) is 30.7 Å². The molecule has 0 bridgehead atoms. The second-order valence-corrected chi connectivity index (χ2v) is 9.33. The highest BCUT2D eigenvalue weighted by molar-refractivity contribution is 7.90. The Morgan fingerprint density at radius 3 is 2.81 bits per heavy atom. The highest BCUT2D eigenvalue weighted by atomic mass is 32.2. The third kappa shape index (κ3) is 3.99. The van der Waals surface area contributed by atoms with Gasteiger partial charge in [-0.25, -0.2) is 22.2 Å². The maximum Gasteiger partial charge on any atom is 0.409 e. The first-order valence-electron chi connectivity index (χ1n) is 10.3. The van der Waals surface area contributed by atoms with Crippen LogP contribution >= 0.6 is 0 Å². The number of nitriles is 1. The molecule has 1 fully saturated rings. The van der Waals surface area contributed by atoms with Gasteiger partial charge in [-0.1, -0.05) is 25.1 Å². The topological polar surface area (TPSA) is 117 Å². The molecule has 2 aromatic heterocycles. The molecule has 1 saturated heterocycles. The van der Waals surface area contributed by atoms with Crippen molar-refractivity contribution in [3.63, 3.8) is 0 Å². The summed E-state index contributed by atoms with van der Waals surface area (Å²) >= 11 is 0. The van der Waals surface area contributed by atoms with Crippen molar-refractivity contribution in [2.24, 2.45) is 0 Å². The van der Waals surface area contributed by atoms with Crippen LogP contribution in [-0.2, 0) is 14.8 Å². The van der Waals surface area contributed by atoms with E-state index in [1.54, 1.807) is 29.2 Å². The first-order chi connectivity index (χ1) is 15.5. The lowest BCUT2D eigenvalue weighted by Crippen LogP contribution is -2.32. The summed E-state index contributed by atoms with van der Waals surface area (Å²) in [6.07, 6.45) is 3.89. The first-order valence-corrected chi connectivity index (χ1v) is 11.8. The standard InChI is InChI=1S/C22H23N5O4S/c1-2-12-31-22(28)26-10-8-17(15-26)25-20-16(13-23)14-24-21-19(20)9-11-27(21)32(29,30)18-6-4-3-5-7-18/h3-7,9,11,14,17H,2,8,10,12,15H2,1H3,(H,24,25). The number of fused-ring (bicyclic) bond motifs is 1. The molecular weight excluding hydrogens is 430 g/mol. The molecule has 1 atom stereocenters. The number of hydrogen-bond acceptors (Lipinski definition) is 7. The van der Waals surface area contributed by atoms with Crippen molar-refractivity contribution in [3.05, 3.63) is 54.4 Å². The zero-order valence-electron chi connectivity index (χ0n) is 17.6. The van der Waals surface area contributed by atoms with Crippen molar-refractivity contribution >= 4 is 32.8 Å². The Labute approximate surface area is 186 Å². The maximum absolute atomic E-state index is 13.1. The van der Waals surface area contributed by atoms with Gasteiger partial charge in [0.15, 0.2) is 5.65 Å². The molecule has 1 aliphatic rings. The lowest BCUT2D eigenvalue weighted by atomic mass is 10.1. The fourth-order valence-corrected chi connectivity index (χ4v) is 5.05. The van der Waals surface area contributed by atoms with Gasteiger partial charge in [-0.05, 0) is 31.0 Å². The predicted octanol–water partition coefficient (Wildman–Crippen LogP) is 3.18. The molecule has 10 heteroatoms. The summed E-state index contributed by atoms with van der Waals surface area (Å²) < 4.78 is 32.5. The molecule has 166 valence electrons. The number of aromatic nitrogens is 2. The number of carbonyl (C=O) groups excluding carboxylic acids is 1. The Morgan fingerprint density at radius 2 is 2.09 bits per heavy atom. The van der Waals surface area contributed by atoms with Crippen molar-refractivity contribution < 1.29 is 17.9 Å². The van der Waals surface area contributed by atoms with Gasteiger partial charge in [0.1, 0.15) is 6.07 Å². The van der Waals surface area contributed by atoms with Crippen molar-refractivity contribution in [1.29, 1.82) is 5.26 Å². The van der Waals surface area contributed by atoms with Crippen LogP contribution in [0.4, 0.5) is 10.5 Å². The van der Waals surface area contributed by atoms with Crippen LogP contribution in [0.1, 0.15) is 25.3 Å². The summed E-state index contributed by atoms with van der Waals surface area (Å²) in [5.74, 6) is 0. The highest BCUT2D eigenvalue weighted by Crippen LogP contribution is 2.30. The van der Waals surface area contributed by atoms with Crippen LogP contribution in [0.15, 0.2) is 53.7 Å². The minimum absolute atomic E-state index is 0.101. The van der Waals surface area contributed by atoms with Crippen LogP contribution < -0.4 is 5.32 Å². The Morgan fingerprint density at radius 1 is 1.31 bits per heavy atom. The number of pyridine rings is 1. The van der Waals surface area contributed by atoms with E-state index in [2.05, 4.69) is 16.4 Å². The van der Waals surface area contributed by atoms with E-state index in [4.69, 9.17) is 4.74 Å². The second-order valence-electron chi connectivity index (χ2n) is 7.52. The van der Waals surface area contributed by atoms with E-state index >= 15 is 0 Å². The quantitative estimate of drug-likeness (QED) is 0.609. The summed E-state index contributed by atoms with van der Waals surface area (Å²) in [6, 6.07) is 11.8. The first kappa shape index (κ1) is 21.6. The van der Waals surface area contributed by atoms with Crippen molar-refractivity contribution in [1.82, 2.24) is 13.9 Å². The number of likely N-dealkylation sites (tertiary alicyclic amines) is 1. The minimum Gasteiger partial charge on any atom is -0.449 e. The molecule has 0 aliphatic carbocycles. The fraction of sp³-hybridized carbons (Fsp3) is 0.318. The number of anilines is 1. The number of amides is 1. The van der Waals surface area contributed by atoms with Crippen molar-refractivity contribution in [2.75, 3.05) is 25.0 Å². The van der Waals surface area contributed by atoms with Crippen LogP contribution in [0.5, 0.6) is 0 Å². The molecule has 1 aromatic carbocycles. The molecular formula is C22H23N5O4S. The number of carbonyl (C=O) groups is 1. The highest BCUT2D eigenvalue weighted by Gasteiger charge is 2.29. The molecule has 0 radical (unpaired) electrons. The lowest BCUT2D eigenvalue weighted by Gasteiger charge is -2.18. The zero-order valence-corrected chi connectivity index (χ0v) is 18.4. The van der Waals surface area contributed by atoms with E-state index in [9.17, 15) is 18.5 Å². The van der Waals surface area contributed by atoms with Crippen LogP contribution in [0, 0.1) is 11.3 Å². The van der Waals surface area contributed by atoms with E-state index in [0.717, 1.165) is 10.4 Å². The molecule has 1 amide bonds. The van der Waals surface area contributed by atoms with Crippen molar-refractivity contribution in [3.8, 4) is 6.07 Å². The number of nitrogens with zero attached hydrogens (tertiary/aromatic N) is 4. The molecule has 1 unspecified atom stereocenters. The molecule has 1 N–H and O–H groups in total. The Kier molecular flexibility index (Phi) is 6.01. The molecule has 3 aromatic rings. The molecule has 0 saturated carbocycles. The minimum atomic E-state index is -3.84. The van der Waals surface area contributed by atoms with Crippen LogP contribution in [0.3, 0.4) is 0 Å². The number of benzene rings is 1. The second kappa shape index (κ2) is 8.88. The van der Waals surface area contributed by atoms with Gasteiger partial charge in [0.2, 0.25) is 0 Å². The largest absolute Gasteiger partial charge is 0.449 e. The van der Waals surface area contributed by atoms with Gasteiger partial charge in [0, 0.05) is 36.9 Å². The average Bonchev–Trinajstić information content (AvgIpc) is 3.46. The number of rotatable bonds is 6. The third-order valence-corrected chi connectivity index (χ3v) is 7.01. The van der Waals surface area contributed by atoms with Gasteiger partial charge < -0.3 is 15.0 Å². The van der Waals surface area contributed by atoms with Crippen LogP contribution in [0.2, 0.25) is 0 Å². The summed E-state index contributed by atoms with van der Waals surface area (Å²) in [5.41, 5.74) is 1.04. The Hall–Kier alpha value is -3.58. The van der Waals surface area contributed by atoms with E-state index in [-0.39, 0.29) is 22.7 Å². The lowest BCUT2D eigenvalue weighted by molar-refractivity contribution is 0.110. The SMILES string of the molecule is CCCOC(=O)N1CCC(Nc2c(C#N)cnc3c2ccn3S(=O)(=O)c2ccccc2)C1. The van der Waals surface area contributed by atoms with Crippen LogP contribution in [0.25, 0.3) is 11.0 Å². The molecule has 1 aliphatic heterocycles. The summed E-state index contributed by atoms with van der Waals surface area (Å²) in [4.78, 5) is 18.2. The number of hydrogen-bond donors (Lipinski definition) is 1. The smallest absolute Gasteiger partial charge is 0.409 e. The normalized spacial score (nSPS) is 16.1. The molecule has 3 heterocycles. The van der Waals surface area contributed by atoms with Gasteiger partial charge >= 0.3 is 6.09 Å². The van der Waals surface area contributed by atoms with Gasteiger partial charge in [0.05, 0.1) is 22.8 Å². The molecule has 9 nitrogen and oxygen atoms in total. The summed E-state index contributed by atoms with van der Waals surface area (Å²) in [7, 11) is -3.84. The fourth-order valence-electron chi connectivity index (χ4n) is 3.73. The number of nitrogens with one attached hydrogen (secondary N) is 1. The molecule has 4 rings (SSSR count). The Bertz CT molecular complexity index is 1280. The summed E-state index contributed by atoms with van der Waals surface area (Å²) in [5, 5.41) is 13.4. The number of ether oxygens (including phenoxy) is 1. The van der Waals surface area contributed by atoms with Gasteiger partial charge in [0.25, 0.3) is 10.0 Å². The maximum atomic E-state index is 13.1. The molecule has 0 spiro atoms. The summed E-state index contributed by atoms with van der Waals surface area (Å²) in [6.45, 7) is 3.28. The average molecular weight is 454 g/mol. The van der Waals surface area contributed by atoms with E-state index < -0.39 is 10.0 Å². The van der Waals surface area contributed by atoms with Gasteiger partial charge in [-0.15, -0.1) is 0 Å². The van der Waals surface area contributed by atoms with E-state index in [1.165, 1.54) is 24.5 Å². The van der Waals surface area contributed by atoms with Gasteiger partial charge in [-0.3, -0.25) is 0 Å². The Balaban J connectivity index is 1.65. The zero-order chi connectivity index (χ0) is 22.7. The van der Waals surface area contributed by atoms with Crippen LogP contribution in [-0.4, -0.2) is 54.1 Å². The van der Waals surface area contributed by atoms with E-state index in [1.807, 2.05) is 6.92 Å². The molecule has 32 heavy (non-hydrogen) atoms.